The van der Waals surface area contributed by atoms with Gasteiger partial charge in [0.05, 0.1) is 25.7 Å². The number of aromatic amines is 1. The molecular formula is C32H40N3NaO9S. The number of carboxylic acids is 3. The molecule has 0 saturated carbocycles. The van der Waals surface area contributed by atoms with Crippen molar-refractivity contribution in [2.75, 3.05) is 34.8 Å². The minimum atomic E-state index is -3.23. The number of hydrogen-bond donors (Lipinski definition) is 4. The fraction of sp³-hybridized carbons (Fsp3) is 0.344. The van der Waals surface area contributed by atoms with Gasteiger partial charge in [-0.05, 0) is 79.3 Å². The molecule has 1 aromatic heterocycles. The molecule has 0 fully saturated rings. The molecule has 3 aromatic carbocycles. The molecule has 1 heterocycles. The van der Waals surface area contributed by atoms with Gasteiger partial charge in [0.25, 0.3) is 0 Å². The molecule has 14 heteroatoms. The van der Waals surface area contributed by atoms with Crippen LogP contribution in [0.2, 0.25) is 0 Å². The second kappa shape index (κ2) is 19.3. The fourth-order valence-corrected chi connectivity index (χ4v) is 4.91. The van der Waals surface area contributed by atoms with E-state index < -0.39 is 33.8 Å². The number of carbonyl (C=O) groups excluding carboxylic acids is 1. The van der Waals surface area contributed by atoms with Crippen molar-refractivity contribution in [3.63, 3.8) is 0 Å². The standard InChI is InChI=1S/C14H21N3O2S.C14H14O3.C4H6O4.Na/c1-15-20(18,19)10-11-4-5-14-13(8-11)12(9-16-14)6-7-17(2)3;1-9(14(15)16)10-3-4-12-8-13(17-2)6-5-11(12)7-10;5-3(6)1-2-4(7)8;/h4-5,8-9,15-16H,6-7,10H2,1-3H3;3-9H,1-2H3,(H,15,16);1-2H2,(H,5,6)(H,7,8);/q;;;+1/p-1/t;9-;;/m.1../s1. The van der Waals surface area contributed by atoms with Gasteiger partial charge in [0.15, 0.2) is 0 Å². The Kier molecular flexibility index (Phi) is 17.0. The molecule has 1 atom stereocenters. The van der Waals surface area contributed by atoms with E-state index in [0.29, 0.717) is 0 Å². The summed E-state index contributed by atoms with van der Waals surface area (Å²) in [6, 6.07) is 17.0. The number of H-pyrrole nitrogens is 1. The number of methoxy groups -OCH3 is 1. The SMILES string of the molecule is CNS(=O)(=O)Cc1ccc2[nH]cc(CCN(C)C)c2c1.COc1ccc2cc([C@@H](C)C(=O)[O-])ccc2c1.O=C(O)CCC(=O)O.[Na+]. The molecule has 4 N–H and O–H groups in total. The minimum absolute atomic E-state index is 0. The molecule has 0 saturated heterocycles. The molecule has 0 aliphatic rings. The number of hydrogen-bond acceptors (Lipinski definition) is 8. The number of nitrogens with one attached hydrogen (secondary N) is 2. The number of aliphatic carboxylic acids is 3. The number of nitrogens with zero attached hydrogens (tertiary/aromatic N) is 1. The molecule has 12 nitrogen and oxygen atoms in total. The second-order valence-corrected chi connectivity index (χ2v) is 12.4. The zero-order valence-electron chi connectivity index (χ0n) is 27.0. The summed E-state index contributed by atoms with van der Waals surface area (Å²) in [5.74, 6) is -3.00. The summed E-state index contributed by atoms with van der Waals surface area (Å²) in [5.41, 5.74) is 3.82. The maximum atomic E-state index is 11.6. The van der Waals surface area contributed by atoms with Crippen LogP contribution >= 0.6 is 0 Å². The monoisotopic (exact) mass is 665 g/mol. The molecule has 0 radical (unpaired) electrons. The van der Waals surface area contributed by atoms with Crippen LogP contribution in [0.15, 0.2) is 60.8 Å². The van der Waals surface area contributed by atoms with Crippen molar-refractivity contribution >= 4 is 49.6 Å². The fourth-order valence-electron chi connectivity index (χ4n) is 4.15. The van der Waals surface area contributed by atoms with Crippen LogP contribution in [0.5, 0.6) is 5.75 Å². The first-order valence-electron chi connectivity index (χ1n) is 14.0. The first kappa shape index (κ1) is 40.6. The van der Waals surface area contributed by atoms with Crippen molar-refractivity contribution in [3.05, 3.63) is 77.5 Å². The Morgan fingerprint density at radius 1 is 0.978 bits per heavy atom. The predicted molar refractivity (Wildman–Crippen MR) is 171 cm³/mol. The van der Waals surface area contributed by atoms with Gasteiger partial charge in [0.2, 0.25) is 10.0 Å². The van der Waals surface area contributed by atoms with Crippen molar-refractivity contribution in [1.82, 2.24) is 14.6 Å². The van der Waals surface area contributed by atoms with Crippen molar-refractivity contribution in [2.24, 2.45) is 0 Å². The van der Waals surface area contributed by atoms with Gasteiger partial charge in [0.1, 0.15) is 5.75 Å². The molecule has 46 heavy (non-hydrogen) atoms. The van der Waals surface area contributed by atoms with Crippen LogP contribution in [0.1, 0.15) is 42.4 Å². The topological polar surface area (TPSA) is 189 Å². The molecule has 0 amide bonds. The van der Waals surface area contributed by atoms with E-state index in [2.05, 4.69) is 14.6 Å². The number of fused-ring (bicyclic) bond motifs is 2. The van der Waals surface area contributed by atoms with Gasteiger partial charge >= 0.3 is 41.5 Å². The largest absolute Gasteiger partial charge is 1.00 e. The molecule has 4 aromatic rings. The van der Waals surface area contributed by atoms with E-state index in [4.69, 9.17) is 14.9 Å². The van der Waals surface area contributed by atoms with Gasteiger partial charge in [0, 0.05) is 35.5 Å². The number of benzene rings is 3. The number of ether oxygens (including phenoxy) is 1. The normalized spacial score (nSPS) is 11.4. The third kappa shape index (κ3) is 13.5. The third-order valence-electron chi connectivity index (χ3n) is 6.81. The summed E-state index contributed by atoms with van der Waals surface area (Å²) in [6.07, 6.45) is 2.35. The summed E-state index contributed by atoms with van der Waals surface area (Å²) in [4.78, 5) is 35.5. The predicted octanol–water partition coefficient (Wildman–Crippen LogP) is -0.0372. The van der Waals surface area contributed by atoms with Gasteiger partial charge in [-0.15, -0.1) is 0 Å². The summed E-state index contributed by atoms with van der Waals surface area (Å²) < 4.78 is 30.7. The average molecular weight is 666 g/mol. The molecule has 4 rings (SSSR count). The van der Waals surface area contributed by atoms with Crippen molar-refractivity contribution in [1.29, 1.82) is 0 Å². The van der Waals surface area contributed by atoms with E-state index >= 15 is 0 Å². The Morgan fingerprint density at radius 3 is 2.13 bits per heavy atom. The summed E-state index contributed by atoms with van der Waals surface area (Å²) in [7, 11) is 3.91. The smallest absolute Gasteiger partial charge is 0.550 e. The summed E-state index contributed by atoms with van der Waals surface area (Å²) in [5, 5.41) is 29.7. The Labute approximate surface area is 291 Å². The van der Waals surface area contributed by atoms with Gasteiger partial charge in [-0.3, -0.25) is 9.59 Å². The van der Waals surface area contributed by atoms with E-state index in [0.717, 1.165) is 51.5 Å². The third-order valence-corrected chi connectivity index (χ3v) is 8.14. The van der Waals surface area contributed by atoms with Crippen LogP contribution < -0.4 is 44.1 Å². The van der Waals surface area contributed by atoms with Gasteiger partial charge in [-0.1, -0.05) is 37.3 Å². The molecule has 0 aliphatic heterocycles. The first-order chi connectivity index (χ1) is 21.1. The van der Waals surface area contributed by atoms with Crippen molar-refractivity contribution in [2.45, 2.75) is 37.9 Å². The first-order valence-corrected chi connectivity index (χ1v) is 15.7. The van der Waals surface area contributed by atoms with Crippen LogP contribution in [0.3, 0.4) is 0 Å². The Hall–Kier alpha value is -3.46. The molecular weight excluding hydrogens is 625 g/mol. The Morgan fingerprint density at radius 2 is 1.59 bits per heavy atom. The number of aromatic nitrogens is 1. The molecule has 244 valence electrons. The maximum Gasteiger partial charge on any atom is 1.00 e. The van der Waals surface area contributed by atoms with Crippen LogP contribution in [-0.2, 0) is 36.6 Å². The molecule has 0 unspecified atom stereocenters. The number of carboxylic acid groups (broad SMARTS) is 3. The van der Waals surface area contributed by atoms with Gasteiger partial charge in [-0.2, -0.15) is 0 Å². The van der Waals surface area contributed by atoms with Gasteiger partial charge in [-0.25, -0.2) is 13.1 Å². The van der Waals surface area contributed by atoms with Crippen LogP contribution in [0.25, 0.3) is 21.7 Å². The summed E-state index contributed by atoms with van der Waals surface area (Å²) >= 11 is 0. The zero-order chi connectivity index (χ0) is 33.7. The number of rotatable bonds is 12. The average Bonchev–Trinajstić information content (AvgIpc) is 3.40. The maximum absolute atomic E-state index is 11.6. The van der Waals surface area contributed by atoms with E-state index in [1.165, 1.54) is 12.6 Å². The molecule has 0 aliphatic carbocycles. The number of carbonyl (C=O) groups is 3. The quantitative estimate of drug-likeness (QED) is 0.150. The van der Waals surface area contributed by atoms with E-state index in [1.807, 2.05) is 74.9 Å². The van der Waals surface area contributed by atoms with Gasteiger partial charge < -0.3 is 34.7 Å². The van der Waals surface area contributed by atoms with E-state index in [9.17, 15) is 27.9 Å². The zero-order valence-corrected chi connectivity index (χ0v) is 29.8. The summed E-state index contributed by atoms with van der Waals surface area (Å²) in [6.45, 7) is 2.59. The van der Waals surface area contributed by atoms with E-state index in [1.54, 1.807) is 14.0 Å². The van der Waals surface area contributed by atoms with Crippen LogP contribution in [-0.4, -0.2) is 81.2 Å². The Balaban J connectivity index is 0.000000371. The number of likely N-dealkylation sites (N-methyl/N-ethyl adjacent to an activating group) is 1. The van der Waals surface area contributed by atoms with E-state index in [-0.39, 0.29) is 48.2 Å². The number of sulfonamides is 1. The molecule has 0 spiro atoms. The molecule has 0 bridgehead atoms. The van der Waals surface area contributed by atoms with Crippen LogP contribution in [0.4, 0.5) is 0 Å². The second-order valence-electron chi connectivity index (χ2n) is 10.5. The van der Waals surface area contributed by atoms with Crippen LogP contribution in [0, 0.1) is 0 Å². The van der Waals surface area contributed by atoms with Crippen molar-refractivity contribution < 1.29 is 72.4 Å². The van der Waals surface area contributed by atoms with Crippen molar-refractivity contribution in [3.8, 4) is 5.75 Å². The minimum Gasteiger partial charge on any atom is -0.550 e. The Bertz CT molecular complexity index is 1710.